The molecule has 196 valence electrons. The first-order chi connectivity index (χ1) is 24.2. The van der Waals surface area contributed by atoms with Crippen molar-refractivity contribution in [3.8, 4) is 44.5 Å². The van der Waals surface area contributed by atoms with Crippen LogP contribution in [0.25, 0.3) is 76.8 Å². The maximum atomic E-state index is 9.24. The molecule has 8 aromatic carbocycles. The Kier molecular flexibility index (Phi) is 4.21. The Morgan fingerprint density at radius 1 is 0.310 bits per heavy atom. The second kappa shape index (κ2) is 10.2. The van der Waals surface area contributed by atoms with Crippen molar-refractivity contribution in [3.05, 3.63) is 170 Å². The summed E-state index contributed by atoms with van der Waals surface area (Å²) in [4.78, 5) is 0. The maximum Gasteiger partial charge on any atom is 0.0629 e. The minimum Gasteiger partial charge on any atom is -0.0622 e. The third kappa shape index (κ3) is 4.17. The van der Waals surface area contributed by atoms with Crippen LogP contribution in [0, 0.1) is 0 Å². The normalized spacial score (nSPS) is 14.0. The summed E-state index contributed by atoms with van der Waals surface area (Å²) >= 11 is 0. The molecule has 0 heterocycles. The van der Waals surface area contributed by atoms with Crippen LogP contribution in [-0.2, 0) is 0 Å². The second-order valence-corrected chi connectivity index (χ2v) is 10.3. The first-order valence-corrected chi connectivity index (χ1v) is 13.9. The summed E-state index contributed by atoms with van der Waals surface area (Å²) in [7, 11) is 0. The zero-order valence-electron chi connectivity index (χ0n) is 30.5. The Labute approximate surface area is 257 Å². The smallest absolute Gasteiger partial charge is 0.0622 e. The van der Waals surface area contributed by atoms with E-state index in [2.05, 4.69) is 6.07 Å². The van der Waals surface area contributed by atoms with E-state index in [9.17, 15) is 5.48 Å². The van der Waals surface area contributed by atoms with Gasteiger partial charge in [-0.15, -0.1) is 0 Å². The van der Waals surface area contributed by atoms with Crippen LogP contribution in [0.3, 0.4) is 0 Å². The molecule has 0 heteroatoms. The van der Waals surface area contributed by atoms with E-state index < -0.39 is 24.2 Å². The van der Waals surface area contributed by atoms with Gasteiger partial charge < -0.3 is 0 Å². The highest BCUT2D eigenvalue weighted by atomic mass is 14.2. The van der Waals surface area contributed by atoms with Crippen molar-refractivity contribution in [1.29, 1.82) is 0 Å². The summed E-state index contributed by atoms with van der Waals surface area (Å²) in [5, 5.41) is 2.97. The van der Waals surface area contributed by atoms with Crippen molar-refractivity contribution in [2.45, 2.75) is 0 Å². The molecule has 8 rings (SSSR count). The van der Waals surface area contributed by atoms with Crippen LogP contribution in [0.4, 0.5) is 0 Å². The van der Waals surface area contributed by atoms with E-state index in [1.807, 2.05) is 115 Å². The highest BCUT2D eigenvalue weighted by Gasteiger charge is 2.17. The molecule has 42 heavy (non-hydrogen) atoms. The van der Waals surface area contributed by atoms with Crippen LogP contribution in [0.5, 0.6) is 0 Å². The monoisotopic (exact) mass is 540 g/mol. The molecule has 0 unspecified atom stereocenters. The molecule has 0 aliphatic heterocycles. The zero-order valence-corrected chi connectivity index (χ0v) is 22.5. The van der Waals surface area contributed by atoms with Gasteiger partial charge in [-0.25, -0.2) is 0 Å². The van der Waals surface area contributed by atoms with Gasteiger partial charge in [0, 0.05) is 0 Å². The molecular formula is C42H28. The predicted octanol–water partition coefficient (Wildman–Crippen LogP) is 11.8. The fourth-order valence-corrected chi connectivity index (χ4v) is 5.89. The second-order valence-electron chi connectivity index (χ2n) is 10.3. The Bertz CT molecular complexity index is 2580. The van der Waals surface area contributed by atoms with E-state index in [1.54, 1.807) is 0 Å². The van der Waals surface area contributed by atoms with Crippen LogP contribution in [-0.4, -0.2) is 0 Å². The molecule has 0 aliphatic carbocycles. The molecule has 8 aromatic rings. The van der Waals surface area contributed by atoms with Crippen LogP contribution < -0.4 is 0 Å². The molecule has 0 N–H and O–H groups in total. The zero-order chi connectivity index (χ0) is 34.8. The fraction of sp³-hybridized carbons (Fsp3) is 0. The lowest BCUT2D eigenvalue weighted by atomic mass is 9.85. The summed E-state index contributed by atoms with van der Waals surface area (Å²) in [6.45, 7) is 0. The average molecular weight is 541 g/mol. The molecule has 0 atom stereocenters. The Balaban J connectivity index is 1.51. The topological polar surface area (TPSA) is 0 Å². The van der Waals surface area contributed by atoms with Gasteiger partial charge in [0.1, 0.15) is 0 Å². The van der Waals surface area contributed by atoms with E-state index >= 15 is 0 Å². The van der Waals surface area contributed by atoms with E-state index in [0.29, 0.717) is 22.3 Å². The van der Waals surface area contributed by atoms with Gasteiger partial charge in [0.2, 0.25) is 0 Å². The van der Waals surface area contributed by atoms with E-state index in [4.69, 9.17) is 5.48 Å². The summed E-state index contributed by atoms with van der Waals surface area (Å²) < 4.78 is 71.7. The number of rotatable bonds is 4. The van der Waals surface area contributed by atoms with Gasteiger partial charge >= 0.3 is 0 Å². The van der Waals surface area contributed by atoms with Gasteiger partial charge in [0.25, 0.3) is 0 Å². The summed E-state index contributed by atoms with van der Waals surface area (Å²) in [6, 6.07) is 36.4. The third-order valence-electron chi connectivity index (χ3n) is 7.89. The van der Waals surface area contributed by atoms with Crippen molar-refractivity contribution in [2.75, 3.05) is 0 Å². The Morgan fingerprint density at radius 3 is 1.43 bits per heavy atom. The quantitative estimate of drug-likeness (QED) is 0.195. The molecule has 0 fully saturated rings. The molecule has 0 saturated heterocycles. The molecule has 0 spiro atoms. The fourth-order valence-electron chi connectivity index (χ4n) is 5.89. The minimum absolute atomic E-state index is 0.200. The lowest BCUT2D eigenvalue weighted by Gasteiger charge is -2.18. The Hall–Kier alpha value is -5.46. The maximum absolute atomic E-state index is 9.24. The van der Waals surface area contributed by atoms with Crippen molar-refractivity contribution in [3.63, 3.8) is 0 Å². The van der Waals surface area contributed by atoms with Crippen molar-refractivity contribution < 1.29 is 11.0 Å². The van der Waals surface area contributed by atoms with Crippen LogP contribution >= 0.6 is 0 Å². The van der Waals surface area contributed by atoms with Gasteiger partial charge in [-0.3, -0.25) is 0 Å². The van der Waals surface area contributed by atoms with Crippen molar-refractivity contribution in [2.24, 2.45) is 0 Å². The molecular weight excluding hydrogens is 504 g/mol. The number of hydrogen-bond acceptors (Lipinski definition) is 0. The SMILES string of the molecule is [2H]c1c([2H])c([2H])c2c(-c3cccc(-c4ccc5ccccc5c4)c3)c3c([2H])c([2H])c([2H])c([2H])c3c(-c3ccc(-c4ccccc4)cc3)c2c1[2H]. The van der Waals surface area contributed by atoms with E-state index in [1.165, 1.54) is 0 Å². The summed E-state index contributed by atoms with van der Waals surface area (Å²) in [5.41, 5.74) is 5.56. The average Bonchev–Trinajstić information content (AvgIpc) is 3.16. The lowest BCUT2D eigenvalue weighted by molar-refractivity contribution is 1.61. The summed E-state index contributed by atoms with van der Waals surface area (Å²) in [5.74, 6) is 0. The first-order valence-electron chi connectivity index (χ1n) is 17.9. The molecule has 0 nitrogen and oxygen atoms in total. The van der Waals surface area contributed by atoms with E-state index in [-0.39, 0.29) is 45.7 Å². The number of benzene rings is 8. The lowest BCUT2D eigenvalue weighted by Crippen LogP contribution is -1.91. The van der Waals surface area contributed by atoms with Crippen molar-refractivity contribution in [1.82, 2.24) is 0 Å². The van der Waals surface area contributed by atoms with Gasteiger partial charge in [-0.05, 0) is 89.0 Å². The largest absolute Gasteiger partial charge is 0.0629 e. The molecule has 0 saturated carbocycles. The highest BCUT2D eigenvalue weighted by Crippen LogP contribution is 2.44. The molecule has 0 aliphatic rings. The summed E-state index contributed by atoms with van der Waals surface area (Å²) in [6.07, 6.45) is 0. The minimum atomic E-state index is -0.417. The molecule has 0 bridgehead atoms. The van der Waals surface area contributed by atoms with Gasteiger partial charge in [-0.1, -0.05) is 158 Å². The number of fused-ring (bicyclic) bond motifs is 3. The van der Waals surface area contributed by atoms with Gasteiger partial charge in [0.15, 0.2) is 0 Å². The van der Waals surface area contributed by atoms with Crippen LogP contribution in [0.15, 0.2) is 170 Å². The first kappa shape index (κ1) is 17.4. The van der Waals surface area contributed by atoms with Crippen LogP contribution in [0.2, 0.25) is 0 Å². The van der Waals surface area contributed by atoms with E-state index in [0.717, 1.165) is 33.0 Å². The standard InChI is InChI=1S/C42H28/c1-2-11-29(12-3-1)31-21-24-32(25-22-31)41-37-17-6-8-19-39(37)42(40-20-9-7-18-38(40)41)36-16-10-15-34(28-36)35-26-23-30-13-4-5-14-33(30)27-35/h1-28H/i6D,7D,8D,9D,17D,18D,19D,20D. The molecule has 0 amide bonds. The predicted molar refractivity (Wildman–Crippen MR) is 181 cm³/mol. The molecule has 0 aromatic heterocycles. The van der Waals surface area contributed by atoms with Gasteiger partial charge in [-0.2, -0.15) is 0 Å². The Morgan fingerprint density at radius 2 is 0.762 bits per heavy atom. The third-order valence-corrected chi connectivity index (χ3v) is 7.89. The van der Waals surface area contributed by atoms with Gasteiger partial charge in [0.05, 0.1) is 11.0 Å². The molecule has 0 radical (unpaired) electrons. The number of hydrogen-bond donors (Lipinski definition) is 0. The van der Waals surface area contributed by atoms with Crippen LogP contribution in [0.1, 0.15) is 11.0 Å². The highest BCUT2D eigenvalue weighted by molar-refractivity contribution is 6.21. The van der Waals surface area contributed by atoms with Crippen molar-refractivity contribution >= 4 is 32.3 Å².